The molecule has 5 heteroatoms. The van der Waals surface area contributed by atoms with Crippen LogP contribution >= 0.6 is 12.2 Å². The van der Waals surface area contributed by atoms with E-state index in [-0.39, 0.29) is 5.92 Å². The molecule has 4 nitrogen and oxygen atoms in total. The summed E-state index contributed by atoms with van der Waals surface area (Å²) >= 11 is 5.05. The first-order valence-electron chi connectivity index (χ1n) is 10.8. The zero-order valence-electron chi connectivity index (χ0n) is 16.7. The summed E-state index contributed by atoms with van der Waals surface area (Å²) in [5.74, 6) is 1.66. The van der Waals surface area contributed by atoms with Gasteiger partial charge in [-0.1, -0.05) is 13.8 Å². The molecule has 1 N–H and O–H groups in total. The van der Waals surface area contributed by atoms with Crippen molar-refractivity contribution < 1.29 is 4.79 Å². The van der Waals surface area contributed by atoms with Crippen molar-refractivity contribution in [3.05, 3.63) is 22.7 Å². The fourth-order valence-corrected chi connectivity index (χ4v) is 5.88. The van der Waals surface area contributed by atoms with E-state index in [0.29, 0.717) is 27.8 Å². The molecule has 4 rings (SSSR count). The van der Waals surface area contributed by atoms with Crippen LogP contribution in [-0.2, 0) is 4.79 Å². The summed E-state index contributed by atoms with van der Waals surface area (Å²) in [4.78, 5) is 22.3. The lowest BCUT2D eigenvalue weighted by atomic mass is 9.56. The molecule has 0 aromatic carbocycles. The molecule has 1 aromatic rings. The first-order chi connectivity index (χ1) is 13.0. The van der Waals surface area contributed by atoms with Crippen molar-refractivity contribution in [3.63, 3.8) is 0 Å². The molecule has 2 saturated carbocycles. The van der Waals surface area contributed by atoms with Crippen molar-refractivity contribution in [2.45, 2.75) is 77.2 Å². The number of piperidine rings is 1. The first kappa shape index (κ1) is 19.3. The molecule has 1 saturated heterocycles. The highest BCUT2D eigenvalue weighted by Gasteiger charge is 2.49. The second-order valence-corrected chi connectivity index (χ2v) is 9.94. The fourth-order valence-electron chi connectivity index (χ4n) is 5.77. The molecule has 0 radical (unpaired) electrons. The molecule has 27 heavy (non-hydrogen) atoms. The Morgan fingerprint density at radius 1 is 1.22 bits per heavy atom. The van der Waals surface area contributed by atoms with Crippen LogP contribution < -0.4 is 0 Å². The van der Waals surface area contributed by atoms with Crippen LogP contribution in [0, 0.1) is 22.0 Å². The molecule has 0 bridgehead atoms. The van der Waals surface area contributed by atoms with E-state index in [0.717, 1.165) is 18.9 Å². The van der Waals surface area contributed by atoms with Gasteiger partial charge in [-0.3, -0.25) is 4.79 Å². The molecular weight excluding hydrogens is 354 g/mol. The molecular formula is C22H33N3OS. The molecule has 0 unspecified atom stereocenters. The lowest BCUT2D eigenvalue weighted by Gasteiger charge is -2.56. The van der Waals surface area contributed by atoms with Gasteiger partial charge in [0.05, 0.1) is 0 Å². The van der Waals surface area contributed by atoms with Crippen LogP contribution in [0.15, 0.2) is 12.4 Å². The minimum absolute atomic E-state index is 0.203. The number of aromatic nitrogens is 2. The quantitative estimate of drug-likeness (QED) is 0.748. The van der Waals surface area contributed by atoms with Crippen LogP contribution in [0.25, 0.3) is 0 Å². The van der Waals surface area contributed by atoms with Gasteiger partial charge >= 0.3 is 0 Å². The van der Waals surface area contributed by atoms with Gasteiger partial charge in [0.1, 0.15) is 5.78 Å². The fraction of sp³-hybridized carbons (Fsp3) is 0.773. The standard InChI is InChI=1S/C22H33N3OS/c1-15(2)20(26)17-3-7-22(8-4-17)11-19(12-22)25-9-5-16(6-10-25)18-13-23-21(27)24-14-18/h13-17,19H,3-12H2,1-2H3,(H,23,24,27). The van der Waals surface area contributed by atoms with Crippen LogP contribution in [-0.4, -0.2) is 39.8 Å². The maximum atomic E-state index is 12.3. The van der Waals surface area contributed by atoms with Gasteiger partial charge in [0, 0.05) is 30.3 Å². The Kier molecular flexibility index (Phi) is 5.52. The summed E-state index contributed by atoms with van der Waals surface area (Å²) in [6.45, 7) is 6.51. The molecule has 0 atom stereocenters. The average Bonchev–Trinajstić information content (AvgIpc) is 2.66. The molecule has 3 aliphatic rings. The Balaban J connectivity index is 1.24. The molecule has 2 heterocycles. The minimum Gasteiger partial charge on any atom is -0.337 e. The topological polar surface area (TPSA) is 49.0 Å². The molecule has 1 spiro atoms. The highest BCUT2D eigenvalue weighted by Crippen LogP contribution is 2.55. The average molecular weight is 388 g/mol. The zero-order chi connectivity index (χ0) is 19.0. The number of nitrogens with zero attached hydrogens (tertiary/aromatic N) is 2. The monoisotopic (exact) mass is 387 g/mol. The van der Waals surface area contributed by atoms with E-state index in [1.54, 1.807) is 0 Å². The molecule has 1 aliphatic heterocycles. The number of ketones is 1. The number of carbonyl (C=O) groups excluding carboxylic acids is 1. The van der Waals surface area contributed by atoms with Crippen molar-refractivity contribution >= 4 is 18.0 Å². The van der Waals surface area contributed by atoms with Crippen LogP contribution in [0.1, 0.15) is 76.7 Å². The summed E-state index contributed by atoms with van der Waals surface area (Å²) in [5.41, 5.74) is 1.87. The number of nitrogens with one attached hydrogen (secondary N) is 1. The van der Waals surface area contributed by atoms with Crippen molar-refractivity contribution in [2.24, 2.45) is 17.3 Å². The smallest absolute Gasteiger partial charge is 0.196 e. The Hall–Kier alpha value is -1.07. The largest absolute Gasteiger partial charge is 0.337 e. The Morgan fingerprint density at radius 2 is 1.89 bits per heavy atom. The summed E-state index contributed by atoms with van der Waals surface area (Å²) < 4.78 is 0.570. The van der Waals surface area contributed by atoms with Gasteiger partial charge < -0.3 is 9.88 Å². The Morgan fingerprint density at radius 3 is 2.44 bits per heavy atom. The second kappa shape index (κ2) is 7.75. The third-order valence-electron chi connectivity index (χ3n) is 7.57. The van der Waals surface area contributed by atoms with E-state index in [1.807, 2.05) is 12.4 Å². The molecule has 2 aliphatic carbocycles. The van der Waals surface area contributed by atoms with Gasteiger partial charge in [-0.05, 0) is 93.6 Å². The molecule has 3 fully saturated rings. The number of aromatic amines is 1. The van der Waals surface area contributed by atoms with Gasteiger partial charge in [-0.25, -0.2) is 4.98 Å². The lowest BCUT2D eigenvalue weighted by molar-refractivity contribution is -0.129. The second-order valence-electron chi connectivity index (χ2n) is 9.56. The van der Waals surface area contributed by atoms with Crippen molar-refractivity contribution in [2.75, 3.05) is 13.1 Å². The van der Waals surface area contributed by atoms with E-state index >= 15 is 0 Å². The number of H-pyrrole nitrogens is 1. The van der Waals surface area contributed by atoms with Crippen LogP contribution in [0.4, 0.5) is 0 Å². The number of Topliss-reactive ketones (excluding diaryl/α,β-unsaturated/α-hetero) is 1. The third kappa shape index (κ3) is 4.04. The van der Waals surface area contributed by atoms with E-state index in [2.05, 4.69) is 28.7 Å². The highest BCUT2D eigenvalue weighted by atomic mass is 32.1. The number of hydrogen-bond acceptors (Lipinski definition) is 4. The minimum atomic E-state index is 0.203. The molecule has 0 amide bonds. The van der Waals surface area contributed by atoms with Gasteiger partial charge in [-0.2, -0.15) is 0 Å². The molecule has 1 aromatic heterocycles. The number of carbonyl (C=O) groups is 1. The lowest BCUT2D eigenvalue weighted by Crippen LogP contribution is -2.54. The van der Waals surface area contributed by atoms with E-state index in [9.17, 15) is 4.79 Å². The zero-order valence-corrected chi connectivity index (χ0v) is 17.6. The third-order valence-corrected chi connectivity index (χ3v) is 7.79. The normalized spacial score (nSPS) is 32.6. The van der Waals surface area contributed by atoms with E-state index < -0.39 is 0 Å². The maximum absolute atomic E-state index is 12.3. The summed E-state index contributed by atoms with van der Waals surface area (Å²) in [6, 6.07) is 0.781. The summed E-state index contributed by atoms with van der Waals surface area (Å²) in [6.07, 6.45) is 14.0. The van der Waals surface area contributed by atoms with Crippen molar-refractivity contribution in [1.29, 1.82) is 0 Å². The Bertz CT molecular complexity index is 699. The van der Waals surface area contributed by atoms with Gasteiger partial charge in [0.2, 0.25) is 0 Å². The van der Waals surface area contributed by atoms with E-state index in [1.165, 1.54) is 57.2 Å². The predicted molar refractivity (Wildman–Crippen MR) is 110 cm³/mol. The van der Waals surface area contributed by atoms with Crippen molar-refractivity contribution in [1.82, 2.24) is 14.9 Å². The predicted octanol–water partition coefficient (Wildman–Crippen LogP) is 4.88. The van der Waals surface area contributed by atoms with E-state index in [4.69, 9.17) is 12.2 Å². The van der Waals surface area contributed by atoms with Crippen LogP contribution in [0.3, 0.4) is 0 Å². The Labute approximate surface area is 168 Å². The van der Waals surface area contributed by atoms with Gasteiger partial charge in [-0.15, -0.1) is 0 Å². The SMILES string of the molecule is CC(C)C(=O)C1CCC2(CC1)CC(N1CCC(c3cnc(=S)[nH]c3)CC1)C2. The number of likely N-dealkylation sites (tertiary alicyclic amines) is 1. The van der Waals surface area contributed by atoms with Crippen molar-refractivity contribution in [3.8, 4) is 0 Å². The summed E-state index contributed by atoms with van der Waals surface area (Å²) in [5, 5.41) is 0. The first-order valence-corrected chi connectivity index (χ1v) is 11.2. The summed E-state index contributed by atoms with van der Waals surface area (Å²) in [7, 11) is 0. The number of rotatable bonds is 4. The number of hydrogen-bond donors (Lipinski definition) is 1. The molecule has 148 valence electrons. The maximum Gasteiger partial charge on any atom is 0.196 e. The van der Waals surface area contributed by atoms with Crippen LogP contribution in [0.2, 0.25) is 0 Å². The highest BCUT2D eigenvalue weighted by molar-refractivity contribution is 7.71. The van der Waals surface area contributed by atoms with Gasteiger partial charge in [0.25, 0.3) is 0 Å². The van der Waals surface area contributed by atoms with Crippen LogP contribution in [0.5, 0.6) is 0 Å². The van der Waals surface area contributed by atoms with Gasteiger partial charge in [0.15, 0.2) is 4.77 Å².